The van der Waals surface area contributed by atoms with Crippen LogP contribution in [0.25, 0.3) is 11.3 Å². The van der Waals surface area contributed by atoms with Crippen LogP contribution in [0.15, 0.2) is 61.6 Å². The molecule has 0 unspecified atom stereocenters. The lowest BCUT2D eigenvalue weighted by Crippen LogP contribution is -2.35. The van der Waals surface area contributed by atoms with Gasteiger partial charge in [-0.05, 0) is 54.0 Å². The Kier molecular flexibility index (Phi) is 4.69. The molecule has 0 bridgehead atoms. The maximum atomic E-state index is 13.2. The van der Waals surface area contributed by atoms with Gasteiger partial charge in [-0.15, -0.1) is 0 Å². The van der Waals surface area contributed by atoms with Gasteiger partial charge in [-0.2, -0.15) is 0 Å². The van der Waals surface area contributed by atoms with Crippen molar-refractivity contribution in [2.45, 2.75) is 13.0 Å². The molecule has 0 saturated carbocycles. The van der Waals surface area contributed by atoms with E-state index in [9.17, 15) is 9.18 Å². The van der Waals surface area contributed by atoms with Crippen molar-refractivity contribution in [3.8, 4) is 11.3 Å². The van der Waals surface area contributed by atoms with E-state index in [1.165, 1.54) is 23.8 Å². The summed E-state index contributed by atoms with van der Waals surface area (Å²) in [7, 11) is 1.93. The van der Waals surface area contributed by atoms with Crippen LogP contribution in [-0.4, -0.2) is 26.9 Å². The van der Waals surface area contributed by atoms with Crippen molar-refractivity contribution in [1.82, 2.24) is 14.5 Å². The van der Waals surface area contributed by atoms with Gasteiger partial charge in [-0.1, -0.05) is 12.6 Å². The number of aromatic nitrogens is 2. The van der Waals surface area contributed by atoms with Crippen LogP contribution in [0.5, 0.6) is 0 Å². The number of imidazole rings is 1. The fourth-order valence-electron chi connectivity index (χ4n) is 3.60. The van der Waals surface area contributed by atoms with E-state index >= 15 is 0 Å². The molecule has 142 valence electrons. The molecule has 6 heteroatoms. The fraction of sp³-hybridized carbons (Fsp3) is 0.182. The molecular weight excluding hydrogens is 355 g/mol. The summed E-state index contributed by atoms with van der Waals surface area (Å²) in [6.45, 7) is 4.78. The molecule has 1 amide bonds. The molecule has 0 spiro atoms. The Balaban J connectivity index is 1.78. The Morgan fingerprint density at radius 1 is 1.25 bits per heavy atom. The molecule has 1 aromatic heterocycles. The average molecular weight is 376 g/mol. The van der Waals surface area contributed by atoms with Crippen molar-refractivity contribution in [3.63, 3.8) is 0 Å². The summed E-state index contributed by atoms with van der Waals surface area (Å²) in [5.74, 6) is -0.327. The number of anilines is 2. The molecule has 1 aliphatic heterocycles. The topological polar surface area (TPSA) is 50.2 Å². The lowest BCUT2D eigenvalue weighted by molar-refractivity contribution is -0.126. The first kappa shape index (κ1) is 18.0. The third-order valence-electron chi connectivity index (χ3n) is 4.97. The molecule has 0 aliphatic carbocycles. The maximum absolute atomic E-state index is 13.2. The molecular formula is C22H21FN4O. The molecule has 0 fully saturated rings. The normalized spacial score (nSPS) is 13.1. The van der Waals surface area contributed by atoms with Crippen molar-refractivity contribution in [1.29, 1.82) is 0 Å². The molecule has 0 atom stereocenters. The molecule has 4 rings (SSSR count). The van der Waals surface area contributed by atoms with Crippen molar-refractivity contribution in [2.24, 2.45) is 7.05 Å². The number of benzene rings is 2. The van der Waals surface area contributed by atoms with Crippen LogP contribution >= 0.6 is 0 Å². The predicted octanol–water partition coefficient (Wildman–Crippen LogP) is 4.04. The molecule has 2 heterocycles. The van der Waals surface area contributed by atoms with Crippen molar-refractivity contribution in [3.05, 3.63) is 78.5 Å². The Bertz CT molecular complexity index is 1040. The highest BCUT2D eigenvalue weighted by Gasteiger charge is 2.24. The maximum Gasteiger partial charge on any atom is 0.246 e. The average Bonchev–Trinajstić information content (AvgIpc) is 3.14. The highest BCUT2D eigenvalue weighted by molar-refractivity contribution is 5.88. The van der Waals surface area contributed by atoms with E-state index in [1.807, 2.05) is 29.9 Å². The number of nitrogens with one attached hydrogen (secondary N) is 1. The van der Waals surface area contributed by atoms with Crippen LogP contribution in [0.3, 0.4) is 0 Å². The van der Waals surface area contributed by atoms with Gasteiger partial charge in [-0.25, -0.2) is 9.37 Å². The minimum absolute atomic E-state index is 0.0569. The summed E-state index contributed by atoms with van der Waals surface area (Å²) in [5, 5.41) is 3.39. The number of fused-ring (bicyclic) bond motifs is 1. The van der Waals surface area contributed by atoms with E-state index in [0.717, 1.165) is 34.6 Å². The van der Waals surface area contributed by atoms with Crippen LogP contribution in [0.1, 0.15) is 11.1 Å². The largest absolute Gasteiger partial charge is 0.355 e. The van der Waals surface area contributed by atoms with Gasteiger partial charge in [0.2, 0.25) is 5.91 Å². The summed E-state index contributed by atoms with van der Waals surface area (Å²) in [4.78, 5) is 18.4. The Morgan fingerprint density at radius 3 is 2.71 bits per heavy atom. The zero-order valence-electron chi connectivity index (χ0n) is 15.7. The third kappa shape index (κ3) is 3.41. The number of rotatable bonds is 4. The van der Waals surface area contributed by atoms with Gasteiger partial charge in [0.15, 0.2) is 0 Å². The summed E-state index contributed by atoms with van der Waals surface area (Å²) >= 11 is 0. The molecule has 0 saturated heterocycles. The quantitative estimate of drug-likeness (QED) is 0.699. The lowest BCUT2D eigenvalue weighted by Gasteiger charge is -2.30. The van der Waals surface area contributed by atoms with E-state index < -0.39 is 0 Å². The number of halogens is 1. The molecule has 0 radical (unpaired) electrons. The Hall–Kier alpha value is -3.41. The van der Waals surface area contributed by atoms with E-state index in [1.54, 1.807) is 23.4 Å². The molecule has 3 aromatic rings. The lowest BCUT2D eigenvalue weighted by atomic mass is 9.91. The number of amides is 1. The summed E-state index contributed by atoms with van der Waals surface area (Å²) in [6.07, 6.45) is 5.84. The number of hydrogen-bond donors (Lipinski definition) is 1. The first-order valence-electron chi connectivity index (χ1n) is 9.12. The standard InChI is InChI=1S/C22H21FN4O/c1-3-21(28)27-11-10-18-15(12-27)4-9-19(22(18)20-13-26(2)14-24-20)25-17-7-5-16(23)6-8-17/h3-9,13-14,25H,1,10-12H2,2H3. The number of nitrogens with zero attached hydrogens (tertiary/aromatic N) is 3. The number of carbonyl (C=O) groups is 1. The van der Waals surface area contributed by atoms with Gasteiger partial charge in [-0.3, -0.25) is 4.79 Å². The fourth-order valence-corrected chi connectivity index (χ4v) is 3.60. The monoisotopic (exact) mass is 376 g/mol. The van der Waals surface area contributed by atoms with Crippen molar-refractivity contribution >= 4 is 17.3 Å². The van der Waals surface area contributed by atoms with Crippen LogP contribution in [0, 0.1) is 5.82 Å². The van der Waals surface area contributed by atoms with Crippen LogP contribution in [0.2, 0.25) is 0 Å². The third-order valence-corrected chi connectivity index (χ3v) is 4.97. The van der Waals surface area contributed by atoms with Gasteiger partial charge >= 0.3 is 0 Å². The van der Waals surface area contributed by atoms with Crippen LogP contribution < -0.4 is 5.32 Å². The number of hydrogen-bond acceptors (Lipinski definition) is 3. The minimum Gasteiger partial charge on any atom is -0.355 e. The van der Waals surface area contributed by atoms with E-state index in [2.05, 4.69) is 16.9 Å². The molecule has 28 heavy (non-hydrogen) atoms. The van der Waals surface area contributed by atoms with Gasteiger partial charge in [0.1, 0.15) is 5.82 Å². The van der Waals surface area contributed by atoms with Crippen molar-refractivity contribution in [2.75, 3.05) is 11.9 Å². The number of carbonyl (C=O) groups excluding carboxylic acids is 1. The first-order valence-corrected chi connectivity index (χ1v) is 9.12. The van der Waals surface area contributed by atoms with E-state index in [4.69, 9.17) is 0 Å². The summed E-state index contributed by atoms with van der Waals surface area (Å²) in [6, 6.07) is 10.3. The SMILES string of the molecule is C=CC(=O)N1CCc2c(ccc(Nc3ccc(F)cc3)c2-c2cn(C)cn2)C1. The summed E-state index contributed by atoms with van der Waals surface area (Å²) in [5.41, 5.74) is 5.89. The first-order chi connectivity index (χ1) is 13.5. The summed E-state index contributed by atoms with van der Waals surface area (Å²) < 4.78 is 15.2. The van der Waals surface area contributed by atoms with Crippen LogP contribution in [0.4, 0.5) is 15.8 Å². The second-order valence-corrected chi connectivity index (χ2v) is 6.90. The predicted molar refractivity (Wildman–Crippen MR) is 108 cm³/mol. The minimum atomic E-state index is -0.270. The number of aryl methyl sites for hydroxylation is 1. The van der Waals surface area contributed by atoms with Crippen molar-refractivity contribution < 1.29 is 9.18 Å². The zero-order valence-corrected chi connectivity index (χ0v) is 15.7. The molecule has 1 N–H and O–H groups in total. The van der Waals surface area contributed by atoms with Crippen LogP contribution in [-0.2, 0) is 24.8 Å². The van der Waals surface area contributed by atoms with E-state index in [0.29, 0.717) is 13.1 Å². The highest BCUT2D eigenvalue weighted by Crippen LogP contribution is 2.37. The van der Waals surface area contributed by atoms with Gasteiger partial charge < -0.3 is 14.8 Å². The van der Waals surface area contributed by atoms with Gasteiger partial charge in [0.05, 0.1) is 12.0 Å². The Morgan fingerprint density at radius 2 is 2.04 bits per heavy atom. The second kappa shape index (κ2) is 7.31. The van der Waals surface area contributed by atoms with Gasteiger partial charge in [0.25, 0.3) is 0 Å². The van der Waals surface area contributed by atoms with E-state index in [-0.39, 0.29) is 11.7 Å². The zero-order chi connectivity index (χ0) is 19.7. The highest BCUT2D eigenvalue weighted by atomic mass is 19.1. The molecule has 1 aliphatic rings. The Labute approximate surface area is 163 Å². The smallest absolute Gasteiger partial charge is 0.246 e. The second-order valence-electron chi connectivity index (χ2n) is 6.90. The molecule has 5 nitrogen and oxygen atoms in total. The van der Waals surface area contributed by atoms with Gasteiger partial charge in [0, 0.05) is 43.3 Å². The molecule has 2 aromatic carbocycles.